The van der Waals surface area contributed by atoms with Gasteiger partial charge in [-0.3, -0.25) is 14.3 Å². The fourth-order valence-corrected chi connectivity index (χ4v) is 6.26. The highest BCUT2D eigenvalue weighted by Crippen LogP contribution is 2.39. The molecule has 1 unspecified atom stereocenters. The normalized spacial score (nSPS) is 15.5. The zero-order chi connectivity index (χ0) is 23.8. The molecular weight excluding hydrogens is 465 g/mol. The van der Waals surface area contributed by atoms with E-state index in [2.05, 4.69) is 17.0 Å². The number of hydrogen-bond acceptors (Lipinski definition) is 5. The second-order valence-corrected chi connectivity index (χ2v) is 10.8. The van der Waals surface area contributed by atoms with Gasteiger partial charge < -0.3 is 11.1 Å². The van der Waals surface area contributed by atoms with Crippen molar-refractivity contribution in [1.82, 2.24) is 0 Å². The summed E-state index contributed by atoms with van der Waals surface area (Å²) in [5.41, 5.74) is 7.43. The van der Waals surface area contributed by atoms with Gasteiger partial charge in [-0.1, -0.05) is 6.92 Å². The van der Waals surface area contributed by atoms with Crippen LogP contribution in [0.4, 0.5) is 15.1 Å². The minimum Gasteiger partial charge on any atom is -0.365 e. The number of amides is 2. The van der Waals surface area contributed by atoms with Crippen LogP contribution in [-0.2, 0) is 22.9 Å². The molecule has 0 aliphatic heterocycles. The van der Waals surface area contributed by atoms with Crippen LogP contribution in [0, 0.1) is 11.7 Å². The lowest BCUT2D eigenvalue weighted by Crippen LogP contribution is -2.19. The number of rotatable bonds is 6. The Labute approximate surface area is 194 Å². The lowest BCUT2D eigenvalue weighted by Gasteiger charge is -2.18. The molecular formula is C23H22FN3O4S2. The third-order valence-corrected chi connectivity index (χ3v) is 8.08. The molecule has 0 radical (unpaired) electrons. The van der Waals surface area contributed by atoms with Gasteiger partial charge in [0.1, 0.15) is 10.8 Å². The first-order chi connectivity index (χ1) is 15.6. The van der Waals surface area contributed by atoms with Gasteiger partial charge in [0.2, 0.25) is 0 Å². The maximum absolute atomic E-state index is 13.1. The van der Waals surface area contributed by atoms with E-state index < -0.39 is 27.7 Å². The van der Waals surface area contributed by atoms with E-state index in [1.165, 1.54) is 35.6 Å². The van der Waals surface area contributed by atoms with E-state index in [1.807, 2.05) is 0 Å². The summed E-state index contributed by atoms with van der Waals surface area (Å²) in [6.07, 6.45) is 2.57. The molecule has 4 N–H and O–H groups in total. The summed E-state index contributed by atoms with van der Waals surface area (Å²) in [5.74, 6) is -1.03. The van der Waals surface area contributed by atoms with Crippen molar-refractivity contribution in [3.63, 3.8) is 0 Å². The minimum absolute atomic E-state index is 0.0827. The Kier molecular flexibility index (Phi) is 6.22. The minimum atomic E-state index is -3.90. The molecule has 33 heavy (non-hydrogen) atoms. The monoisotopic (exact) mass is 487 g/mol. The number of nitrogens with two attached hydrogens (primary N) is 1. The van der Waals surface area contributed by atoms with Crippen LogP contribution in [0.25, 0.3) is 0 Å². The van der Waals surface area contributed by atoms with Crippen molar-refractivity contribution in [2.75, 3.05) is 10.0 Å². The molecule has 7 nitrogen and oxygen atoms in total. The van der Waals surface area contributed by atoms with Crippen molar-refractivity contribution in [3.8, 4) is 0 Å². The summed E-state index contributed by atoms with van der Waals surface area (Å²) in [6.45, 7) is 2.15. The second kappa shape index (κ2) is 8.95. The van der Waals surface area contributed by atoms with E-state index in [-0.39, 0.29) is 16.1 Å². The van der Waals surface area contributed by atoms with E-state index in [0.29, 0.717) is 16.5 Å². The first-order valence-electron chi connectivity index (χ1n) is 10.3. The maximum Gasteiger partial charge on any atom is 0.261 e. The molecule has 2 aromatic carbocycles. The predicted molar refractivity (Wildman–Crippen MR) is 126 cm³/mol. The molecule has 0 saturated heterocycles. The molecule has 172 valence electrons. The molecule has 2 amide bonds. The standard InChI is InChI=1S/C23H22FN3O4S2/c1-13-2-11-18-19(12-13)32-23(20(18)21(25)28)26-22(29)14-3-7-16(8-4-14)27-33(30,31)17-9-5-15(24)6-10-17/h3-10,13,27H,2,11-12H2,1H3,(H2,25,28)(H,26,29). The summed E-state index contributed by atoms with van der Waals surface area (Å²) < 4.78 is 40.3. The van der Waals surface area contributed by atoms with Crippen LogP contribution in [0.2, 0.25) is 0 Å². The Bertz CT molecular complexity index is 1320. The van der Waals surface area contributed by atoms with E-state index in [9.17, 15) is 22.4 Å². The number of benzene rings is 2. The number of nitrogens with one attached hydrogen (secondary N) is 2. The van der Waals surface area contributed by atoms with Gasteiger partial charge in [0.05, 0.1) is 10.5 Å². The lowest BCUT2D eigenvalue weighted by molar-refractivity contribution is 0.1000. The molecule has 1 heterocycles. The Morgan fingerprint density at radius 2 is 1.76 bits per heavy atom. The fraction of sp³-hybridized carbons (Fsp3) is 0.217. The first kappa shape index (κ1) is 22.9. The Morgan fingerprint density at radius 1 is 1.09 bits per heavy atom. The van der Waals surface area contributed by atoms with Crippen molar-refractivity contribution >= 4 is 43.9 Å². The summed E-state index contributed by atoms with van der Waals surface area (Å²) in [6, 6.07) is 10.3. The fourth-order valence-electron chi connectivity index (χ4n) is 3.79. The molecule has 4 rings (SSSR count). The van der Waals surface area contributed by atoms with Crippen LogP contribution < -0.4 is 15.8 Å². The van der Waals surface area contributed by atoms with Crippen molar-refractivity contribution in [2.45, 2.75) is 31.1 Å². The number of sulfonamides is 1. The Hall–Kier alpha value is -3.24. The molecule has 1 atom stereocenters. The number of carbonyl (C=O) groups excluding carboxylic acids is 2. The topological polar surface area (TPSA) is 118 Å². The Balaban J connectivity index is 1.50. The van der Waals surface area contributed by atoms with Gasteiger partial charge in [-0.05, 0) is 79.3 Å². The van der Waals surface area contributed by atoms with Gasteiger partial charge in [-0.2, -0.15) is 0 Å². The highest BCUT2D eigenvalue weighted by Gasteiger charge is 2.27. The molecule has 1 aliphatic rings. The molecule has 1 aliphatic carbocycles. The van der Waals surface area contributed by atoms with Gasteiger partial charge in [0.15, 0.2) is 0 Å². The predicted octanol–water partition coefficient (Wildman–Crippen LogP) is 4.16. The van der Waals surface area contributed by atoms with Crippen LogP contribution in [0.5, 0.6) is 0 Å². The first-order valence-corrected chi connectivity index (χ1v) is 12.6. The molecule has 0 bridgehead atoms. The molecule has 0 spiro atoms. The summed E-state index contributed by atoms with van der Waals surface area (Å²) in [5, 5.41) is 3.22. The number of halogens is 1. The number of hydrogen-bond donors (Lipinski definition) is 3. The molecule has 10 heteroatoms. The second-order valence-electron chi connectivity index (χ2n) is 8.01. The van der Waals surface area contributed by atoms with Crippen molar-refractivity contribution in [1.29, 1.82) is 0 Å². The zero-order valence-electron chi connectivity index (χ0n) is 17.7. The number of primary amides is 1. The molecule has 0 saturated carbocycles. The lowest BCUT2D eigenvalue weighted by atomic mass is 9.88. The van der Waals surface area contributed by atoms with Gasteiger partial charge in [-0.25, -0.2) is 12.8 Å². The largest absolute Gasteiger partial charge is 0.365 e. The molecule has 3 aromatic rings. The van der Waals surface area contributed by atoms with Crippen molar-refractivity contribution < 1.29 is 22.4 Å². The van der Waals surface area contributed by atoms with Crippen LogP contribution in [0.3, 0.4) is 0 Å². The molecule has 1 aromatic heterocycles. The summed E-state index contributed by atoms with van der Waals surface area (Å²) in [4.78, 5) is 25.8. The van der Waals surface area contributed by atoms with Crippen LogP contribution in [0.15, 0.2) is 53.4 Å². The van der Waals surface area contributed by atoms with Crippen LogP contribution in [-0.4, -0.2) is 20.2 Å². The average Bonchev–Trinajstić information content (AvgIpc) is 3.11. The Morgan fingerprint density at radius 3 is 2.39 bits per heavy atom. The summed E-state index contributed by atoms with van der Waals surface area (Å²) in [7, 11) is -3.90. The van der Waals surface area contributed by atoms with E-state index >= 15 is 0 Å². The van der Waals surface area contributed by atoms with Crippen molar-refractivity contribution in [2.24, 2.45) is 11.7 Å². The van der Waals surface area contributed by atoms with Gasteiger partial charge >= 0.3 is 0 Å². The van der Waals surface area contributed by atoms with Gasteiger partial charge in [-0.15, -0.1) is 11.3 Å². The number of thiophene rings is 1. The van der Waals surface area contributed by atoms with Crippen molar-refractivity contribution in [3.05, 3.63) is 75.9 Å². The third-order valence-electron chi connectivity index (χ3n) is 5.51. The van der Waals surface area contributed by atoms with E-state index in [0.717, 1.165) is 54.0 Å². The van der Waals surface area contributed by atoms with Gasteiger partial charge in [0, 0.05) is 16.1 Å². The average molecular weight is 488 g/mol. The van der Waals surface area contributed by atoms with E-state index in [4.69, 9.17) is 5.73 Å². The number of fused-ring (bicyclic) bond motifs is 1. The SMILES string of the molecule is CC1CCc2c(sc(NC(=O)c3ccc(NS(=O)(=O)c4ccc(F)cc4)cc3)c2C(N)=O)C1. The molecule has 0 fully saturated rings. The van der Waals surface area contributed by atoms with Crippen LogP contribution in [0.1, 0.15) is 44.5 Å². The maximum atomic E-state index is 13.1. The highest BCUT2D eigenvalue weighted by atomic mass is 32.2. The van der Waals surface area contributed by atoms with E-state index in [1.54, 1.807) is 0 Å². The van der Waals surface area contributed by atoms with Gasteiger partial charge in [0.25, 0.3) is 21.8 Å². The number of anilines is 2. The highest BCUT2D eigenvalue weighted by molar-refractivity contribution is 7.92. The quantitative estimate of drug-likeness (QED) is 0.484. The smallest absolute Gasteiger partial charge is 0.261 e. The van der Waals surface area contributed by atoms with Crippen LogP contribution >= 0.6 is 11.3 Å². The third kappa shape index (κ3) is 4.91. The summed E-state index contributed by atoms with van der Waals surface area (Å²) >= 11 is 1.38. The zero-order valence-corrected chi connectivity index (χ0v) is 19.4. The number of carbonyl (C=O) groups is 2.